The Hall–Kier alpha value is -0.650. The maximum atomic E-state index is 13.0. The van der Waals surface area contributed by atoms with E-state index >= 15 is 0 Å². The lowest BCUT2D eigenvalue weighted by Crippen LogP contribution is -2.48. The van der Waals surface area contributed by atoms with E-state index < -0.39 is 0 Å². The van der Waals surface area contributed by atoms with Crippen LogP contribution in [0, 0.1) is 0 Å². The summed E-state index contributed by atoms with van der Waals surface area (Å²) in [4.78, 5) is 22.9. The molecule has 1 fully saturated rings. The third-order valence-electron chi connectivity index (χ3n) is 9.46. The van der Waals surface area contributed by atoms with Crippen molar-refractivity contribution in [2.24, 2.45) is 0 Å². The lowest BCUT2D eigenvalue weighted by molar-refractivity contribution is -0.133. The Labute approximate surface area is 264 Å². The van der Waals surface area contributed by atoms with Crippen LogP contribution in [0.5, 0.6) is 0 Å². The van der Waals surface area contributed by atoms with E-state index in [1.165, 1.54) is 154 Å². The minimum atomic E-state index is 0.371. The molecule has 0 atom stereocenters. The van der Waals surface area contributed by atoms with Crippen LogP contribution in [0.15, 0.2) is 0 Å². The van der Waals surface area contributed by atoms with Crippen LogP contribution in [0.2, 0.25) is 0 Å². The summed E-state index contributed by atoms with van der Waals surface area (Å²) in [7, 11) is 2.16. The summed E-state index contributed by atoms with van der Waals surface area (Å²) in [5.41, 5.74) is 0. The molecule has 42 heavy (non-hydrogen) atoms. The van der Waals surface area contributed by atoms with Crippen LogP contribution in [0.1, 0.15) is 162 Å². The number of unbranched alkanes of at least 4 members (excludes halogenated alkanes) is 18. The molecule has 1 aliphatic rings. The Morgan fingerprint density at radius 2 is 0.786 bits per heavy atom. The molecule has 1 rings (SSSR count). The average molecular weight is 593 g/mol. The summed E-state index contributed by atoms with van der Waals surface area (Å²) in [5.74, 6) is 0.371. The van der Waals surface area contributed by atoms with Crippen molar-refractivity contribution in [3.63, 3.8) is 0 Å². The molecule has 5 nitrogen and oxygen atoms in total. The van der Waals surface area contributed by atoms with Gasteiger partial charge in [-0.3, -0.25) is 4.79 Å². The molecule has 1 saturated heterocycles. The minimum absolute atomic E-state index is 0.371. The zero-order chi connectivity index (χ0) is 30.5. The number of carbonyl (C=O) groups excluding carboxylic acids is 1. The zero-order valence-electron chi connectivity index (χ0n) is 29.3. The van der Waals surface area contributed by atoms with Crippen molar-refractivity contribution >= 4 is 5.91 Å². The predicted octanol–water partition coefficient (Wildman–Crippen LogP) is 9.01. The molecular weight excluding hydrogens is 516 g/mol. The van der Waals surface area contributed by atoms with Crippen molar-refractivity contribution in [2.75, 3.05) is 72.5 Å². The Bertz CT molecular complexity index is 560. The number of rotatable bonds is 30. The number of carbonyl (C=O) groups is 1. The van der Waals surface area contributed by atoms with Crippen LogP contribution in [-0.4, -0.2) is 98.0 Å². The second-order valence-electron chi connectivity index (χ2n) is 13.5. The third kappa shape index (κ3) is 22.8. The lowest BCUT2D eigenvalue weighted by Gasteiger charge is -2.33. The van der Waals surface area contributed by atoms with E-state index in [0.29, 0.717) is 12.3 Å². The molecule has 0 unspecified atom stereocenters. The molecule has 0 aliphatic carbocycles. The predicted molar refractivity (Wildman–Crippen MR) is 186 cm³/mol. The highest BCUT2D eigenvalue weighted by atomic mass is 16.2. The van der Waals surface area contributed by atoms with Gasteiger partial charge in [-0.25, -0.2) is 0 Å². The van der Waals surface area contributed by atoms with Crippen LogP contribution in [0.3, 0.4) is 0 Å². The third-order valence-corrected chi connectivity index (χ3v) is 9.46. The maximum absolute atomic E-state index is 13.0. The molecule has 0 aromatic rings. The van der Waals surface area contributed by atoms with Gasteiger partial charge in [-0.15, -0.1) is 0 Å². The van der Waals surface area contributed by atoms with Crippen molar-refractivity contribution in [3.05, 3.63) is 0 Å². The van der Waals surface area contributed by atoms with Crippen molar-refractivity contribution < 1.29 is 4.79 Å². The number of likely N-dealkylation sites (N-methyl/N-ethyl adjacent to an activating group) is 1. The largest absolute Gasteiger partial charge is 0.340 e. The standard InChI is InChI=1S/C37H76N4O/c1-5-8-11-14-17-20-23-27-39(28-24-21-18-15-12-9-6-2)33-34-40(29-25-22-19-16-13-10-7-3)30-26-37(42)41-35-31-38(4)32-36-41/h5-36H2,1-4H3. The van der Waals surface area contributed by atoms with Crippen LogP contribution in [0.4, 0.5) is 0 Å². The van der Waals surface area contributed by atoms with Crippen LogP contribution >= 0.6 is 0 Å². The van der Waals surface area contributed by atoms with Gasteiger partial charge in [0.2, 0.25) is 5.91 Å². The second kappa shape index (κ2) is 29.1. The van der Waals surface area contributed by atoms with E-state index in [0.717, 1.165) is 45.8 Å². The van der Waals surface area contributed by atoms with E-state index in [9.17, 15) is 4.79 Å². The van der Waals surface area contributed by atoms with Crippen LogP contribution in [-0.2, 0) is 4.79 Å². The summed E-state index contributed by atoms with van der Waals surface area (Å²) < 4.78 is 0. The topological polar surface area (TPSA) is 30.0 Å². The fourth-order valence-corrected chi connectivity index (χ4v) is 6.30. The van der Waals surface area contributed by atoms with Crippen molar-refractivity contribution in [3.8, 4) is 0 Å². The number of nitrogens with zero attached hydrogens (tertiary/aromatic N) is 4. The molecule has 250 valence electrons. The fraction of sp³-hybridized carbons (Fsp3) is 0.973. The van der Waals surface area contributed by atoms with E-state index in [1.54, 1.807) is 0 Å². The maximum Gasteiger partial charge on any atom is 0.223 e. The number of amides is 1. The molecule has 0 aromatic heterocycles. The minimum Gasteiger partial charge on any atom is -0.340 e. The molecule has 5 heteroatoms. The van der Waals surface area contributed by atoms with E-state index in [1.807, 2.05) is 0 Å². The monoisotopic (exact) mass is 593 g/mol. The molecule has 0 spiro atoms. The number of hydrogen-bond donors (Lipinski definition) is 0. The SMILES string of the molecule is CCCCCCCCCN(CCCCCCCCC)CCN(CCCCCCCCC)CCC(=O)N1CCN(C)CC1. The Morgan fingerprint density at radius 3 is 1.17 bits per heavy atom. The molecule has 1 aliphatic heterocycles. The van der Waals surface area contributed by atoms with Crippen LogP contribution < -0.4 is 0 Å². The van der Waals surface area contributed by atoms with Gasteiger partial charge in [0, 0.05) is 52.2 Å². The molecular formula is C37H76N4O. The van der Waals surface area contributed by atoms with Gasteiger partial charge in [-0.2, -0.15) is 0 Å². The molecule has 1 heterocycles. The molecule has 0 aromatic carbocycles. The van der Waals surface area contributed by atoms with Crippen LogP contribution in [0.25, 0.3) is 0 Å². The van der Waals surface area contributed by atoms with Gasteiger partial charge in [-0.1, -0.05) is 136 Å². The van der Waals surface area contributed by atoms with Crippen molar-refractivity contribution in [1.29, 1.82) is 0 Å². The fourth-order valence-electron chi connectivity index (χ4n) is 6.30. The average Bonchev–Trinajstić information content (AvgIpc) is 3.00. The Balaban J connectivity index is 2.55. The highest BCUT2D eigenvalue weighted by Gasteiger charge is 2.20. The molecule has 0 bridgehead atoms. The lowest BCUT2D eigenvalue weighted by atomic mass is 10.1. The first kappa shape index (κ1) is 39.4. The summed E-state index contributed by atoms with van der Waals surface area (Å²) in [6, 6.07) is 0. The first-order valence-corrected chi connectivity index (χ1v) is 19.0. The van der Waals surface area contributed by atoms with Crippen molar-refractivity contribution in [1.82, 2.24) is 19.6 Å². The highest BCUT2D eigenvalue weighted by molar-refractivity contribution is 5.76. The van der Waals surface area contributed by atoms with E-state index in [2.05, 4.69) is 47.4 Å². The summed E-state index contributed by atoms with van der Waals surface area (Å²) in [5, 5.41) is 0. The van der Waals surface area contributed by atoms with Crippen molar-refractivity contribution in [2.45, 2.75) is 162 Å². The van der Waals surface area contributed by atoms with Gasteiger partial charge in [-0.05, 0) is 45.9 Å². The van der Waals surface area contributed by atoms with Gasteiger partial charge in [0.05, 0.1) is 0 Å². The van der Waals surface area contributed by atoms with Gasteiger partial charge in [0.25, 0.3) is 0 Å². The Morgan fingerprint density at radius 1 is 0.452 bits per heavy atom. The van der Waals surface area contributed by atoms with Gasteiger partial charge < -0.3 is 19.6 Å². The normalized spacial score (nSPS) is 14.5. The first-order valence-electron chi connectivity index (χ1n) is 19.0. The summed E-state index contributed by atoms with van der Waals surface area (Å²) in [6.07, 6.45) is 29.6. The molecule has 0 radical (unpaired) electrons. The van der Waals surface area contributed by atoms with E-state index in [4.69, 9.17) is 0 Å². The molecule has 0 saturated carbocycles. The summed E-state index contributed by atoms with van der Waals surface area (Å²) in [6.45, 7) is 17.6. The second-order valence-corrected chi connectivity index (χ2v) is 13.5. The highest BCUT2D eigenvalue weighted by Crippen LogP contribution is 2.12. The van der Waals surface area contributed by atoms with Gasteiger partial charge in [0.15, 0.2) is 0 Å². The smallest absolute Gasteiger partial charge is 0.223 e. The summed E-state index contributed by atoms with van der Waals surface area (Å²) >= 11 is 0. The van der Waals surface area contributed by atoms with Gasteiger partial charge >= 0.3 is 0 Å². The number of hydrogen-bond acceptors (Lipinski definition) is 4. The molecule has 0 N–H and O–H groups in total. The quantitative estimate of drug-likeness (QED) is 0.0779. The zero-order valence-corrected chi connectivity index (χ0v) is 29.3. The van der Waals surface area contributed by atoms with Gasteiger partial charge in [0.1, 0.15) is 0 Å². The number of piperazine rings is 1. The first-order chi connectivity index (χ1) is 20.6. The Kier molecular flexibility index (Phi) is 27.3. The molecule has 1 amide bonds. The van der Waals surface area contributed by atoms with E-state index in [-0.39, 0.29) is 0 Å².